The lowest BCUT2D eigenvalue weighted by molar-refractivity contribution is -0.192. The molecule has 162 valence electrons. The van der Waals surface area contributed by atoms with Crippen LogP contribution in [0.5, 0.6) is 0 Å². The average Bonchev–Trinajstić information content (AvgIpc) is 3.18. The fourth-order valence-electron chi connectivity index (χ4n) is 3.06. The zero-order valence-corrected chi connectivity index (χ0v) is 16.1. The topological polar surface area (TPSA) is 95.1 Å². The first-order valence-corrected chi connectivity index (χ1v) is 9.10. The van der Waals surface area contributed by atoms with Crippen LogP contribution in [0.2, 0.25) is 0 Å². The molecule has 0 spiro atoms. The summed E-state index contributed by atoms with van der Waals surface area (Å²) in [6.45, 7) is 2.69. The van der Waals surface area contributed by atoms with E-state index in [0.29, 0.717) is 23.4 Å². The van der Waals surface area contributed by atoms with Gasteiger partial charge in [0.2, 0.25) is 0 Å². The molecule has 1 amide bonds. The van der Waals surface area contributed by atoms with Crippen molar-refractivity contribution in [1.82, 2.24) is 15.3 Å². The van der Waals surface area contributed by atoms with Crippen molar-refractivity contribution in [2.24, 2.45) is 0 Å². The number of aliphatic carboxylic acids is 1. The van der Waals surface area contributed by atoms with Crippen molar-refractivity contribution in [1.29, 1.82) is 0 Å². The van der Waals surface area contributed by atoms with Gasteiger partial charge in [0, 0.05) is 41.2 Å². The third-order valence-corrected chi connectivity index (χ3v) is 4.62. The Bertz CT molecular complexity index is 1130. The van der Waals surface area contributed by atoms with Crippen LogP contribution in [0.15, 0.2) is 48.7 Å². The fraction of sp³-hybridized carbons (Fsp3) is 0.190. The number of hydrogen-bond donors (Lipinski definition) is 3. The molecule has 1 aliphatic rings. The van der Waals surface area contributed by atoms with E-state index in [1.165, 1.54) is 6.07 Å². The average molecular weight is 435 g/mol. The first-order chi connectivity index (χ1) is 14.6. The van der Waals surface area contributed by atoms with Gasteiger partial charge in [0.05, 0.1) is 11.3 Å². The van der Waals surface area contributed by atoms with Gasteiger partial charge in [-0.2, -0.15) is 13.2 Å². The molecule has 0 bridgehead atoms. The second-order valence-electron chi connectivity index (χ2n) is 6.83. The minimum absolute atomic E-state index is 0.0611. The molecule has 1 aromatic carbocycles. The minimum atomic E-state index is -5.08. The number of amides is 1. The maximum Gasteiger partial charge on any atom is 0.490 e. The number of aromatic amines is 1. The number of carbonyl (C=O) groups is 2. The number of halogens is 4. The summed E-state index contributed by atoms with van der Waals surface area (Å²) in [5, 5.41) is 10.0. The van der Waals surface area contributed by atoms with Crippen LogP contribution >= 0.6 is 0 Å². The molecule has 1 aliphatic heterocycles. The summed E-state index contributed by atoms with van der Waals surface area (Å²) in [7, 11) is 0. The number of nitrogens with one attached hydrogen (secondary N) is 2. The Hall–Kier alpha value is -3.69. The lowest BCUT2D eigenvalue weighted by atomic mass is 9.99. The number of aromatic nitrogens is 2. The number of benzene rings is 1. The molecule has 0 aliphatic carbocycles. The predicted octanol–water partition coefficient (Wildman–Crippen LogP) is 4.36. The molecular weight excluding hydrogens is 418 g/mol. The summed E-state index contributed by atoms with van der Waals surface area (Å²) < 4.78 is 45.7. The van der Waals surface area contributed by atoms with Crippen LogP contribution in [0.3, 0.4) is 0 Å². The Morgan fingerprint density at radius 1 is 1.16 bits per heavy atom. The van der Waals surface area contributed by atoms with E-state index in [1.54, 1.807) is 24.4 Å². The Kier molecular flexibility index (Phi) is 6.09. The van der Waals surface area contributed by atoms with Crippen molar-refractivity contribution in [2.75, 3.05) is 6.54 Å². The highest BCUT2D eigenvalue weighted by molar-refractivity contribution is 5.98. The predicted molar refractivity (Wildman–Crippen MR) is 104 cm³/mol. The lowest BCUT2D eigenvalue weighted by Crippen LogP contribution is -2.33. The number of alkyl halides is 3. The van der Waals surface area contributed by atoms with Crippen LogP contribution in [0.1, 0.15) is 28.9 Å². The molecule has 0 saturated heterocycles. The van der Waals surface area contributed by atoms with Crippen LogP contribution in [0.25, 0.3) is 22.5 Å². The van der Waals surface area contributed by atoms with E-state index in [1.807, 2.05) is 18.2 Å². The smallest absolute Gasteiger partial charge is 0.475 e. The summed E-state index contributed by atoms with van der Waals surface area (Å²) in [4.78, 5) is 28.5. The first kappa shape index (κ1) is 22.0. The van der Waals surface area contributed by atoms with Gasteiger partial charge in [0.15, 0.2) is 0 Å². The number of nitrogens with zero attached hydrogens (tertiary/aromatic N) is 1. The summed E-state index contributed by atoms with van der Waals surface area (Å²) in [6.07, 6.45) is -3.43. The van der Waals surface area contributed by atoms with E-state index in [-0.39, 0.29) is 17.6 Å². The number of carboxylic acid groups (broad SMARTS) is 1. The molecule has 0 saturated carbocycles. The zero-order valence-electron chi connectivity index (χ0n) is 16.1. The fourth-order valence-corrected chi connectivity index (χ4v) is 3.06. The van der Waals surface area contributed by atoms with Crippen LogP contribution in [-0.2, 0) is 4.79 Å². The standard InChI is InChI=1S/C19H16FN3O.C2HF3O2/c1-11-10-22-19(24)14-9-16(23-18(11)14)12-6-7-21-17(8-12)13-4-2-3-5-15(13)20;3-2(4,5)1(6)7/h2-9,11,23H,10H2,1H3,(H,22,24);(H,6,7). The molecule has 10 heteroatoms. The molecular formula is C21H17F4N3O3. The SMILES string of the molecule is CC1CNC(=O)c2cc(-c3ccnc(-c4ccccc4F)c3)[nH]c21.O=C(O)C(F)(F)F. The van der Waals surface area contributed by atoms with Gasteiger partial charge in [-0.1, -0.05) is 19.1 Å². The number of pyridine rings is 1. The maximum atomic E-state index is 14.0. The maximum absolute atomic E-state index is 14.0. The van der Waals surface area contributed by atoms with E-state index < -0.39 is 12.1 Å². The van der Waals surface area contributed by atoms with Gasteiger partial charge in [-0.15, -0.1) is 0 Å². The summed E-state index contributed by atoms with van der Waals surface area (Å²) >= 11 is 0. The molecule has 3 heterocycles. The quantitative estimate of drug-likeness (QED) is 0.521. The van der Waals surface area contributed by atoms with E-state index in [4.69, 9.17) is 9.90 Å². The van der Waals surface area contributed by atoms with Crippen molar-refractivity contribution in [3.8, 4) is 22.5 Å². The zero-order chi connectivity index (χ0) is 22.8. The highest BCUT2D eigenvalue weighted by Crippen LogP contribution is 2.30. The summed E-state index contributed by atoms with van der Waals surface area (Å²) in [5.74, 6) is -2.89. The van der Waals surface area contributed by atoms with Crippen LogP contribution < -0.4 is 5.32 Å². The summed E-state index contributed by atoms with van der Waals surface area (Å²) in [5.41, 5.74) is 4.35. The molecule has 0 fully saturated rings. The van der Waals surface area contributed by atoms with Gasteiger partial charge in [-0.25, -0.2) is 9.18 Å². The first-order valence-electron chi connectivity index (χ1n) is 9.10. The molecule has 31 heavy (non-hydrogen) atoms. The molecule has 6 nitrogen and oxygen atoms in total. The van der Waals surface area contributed by atoms with Gasteiger partial charge in [0.1, 0.15) is 5.82 Å². The van der Waals surface area contributed by atoms with Crippen molar-refractivity contribution >= 4 is 11.9 Å². The van der Waals surface area contributed by atoms with Crippen molar-refractivity contribution in [3.63, 3.8) is 0 Å². The molecule has 2 aromatic heterocycles. The molecule has 4 rings (SSSR count). The monoisotopic (exact) mass is 435 g/mol. The minimum Gasteiger partial charge on any atom is -0.475 e. The number of hydrogen-bond acceptors (Lipinski definition) is 3. The van der Waals surface area contributed by atoms with Crippen molar-refractivity contribution in [2.45, 2.75) is 19.0 Å². The Morgan fingerprint density at radius 2 is 1.84 bits per heavy atom. The molecule has 0 radical (unpaired) electrons. The number of rotatable bonds is 2. The van der Waals surface area contributed by atoms with Crippen LogP contribution in [-0.4, -0.2) is 39.7 Å². The van der Waals surface area contributed by atoms with Gasteiger partial charge in [-0.3, -0.25) is 9.78 Å². The summed E-state index contributed by atoms with van der Waals surface area (Å²) in [6, 6.07) is 12.1. The van der Waals surface area contributed by atoms with Gasteiger partial charge >= 0.3 is 12.1 Å². The third-order valence-electron chi connectivity index (χ3n) is 4.62. The molecule has 1 unspecified atom stereocenters. The normalized spacial score (nSPS) is 15.4. The van der Waals surface area contributed by atoms with Crippen LogP contribution in [0, 0.1) is 5.82 Å². The van der Waals surface area contributed by atoms with Crippen molar-refractivity contribution in [3.05, 3.63) is 65.7 Å². The third kappa shape index (κ3) is 4.90. The Labute approximate surface area is 173 Å². The van der Waals surface area contributed by atoms with E-state index >= 15 is 0 Å². The van der Waals surface area contributed by atoms with Crippen molar-refractivity contribution < 1.29 is 32.3 Å². The number of carbonyl (C=O) groups excluding carboxylic acids is 1. The second-order valence-corrected chi connectivity index (χ2v) is 6.83. The molecule has 3 N–H and O–H groups in total. The van der Waals surface area contributed by atoms with Gasteiger partial charge in [0.25, 0.3) is 5.91 Å². The Morgan fingerprint density at radius 3 is 2.45 bits per heavy atom. The number of H-pyrrole nitrogens is 1. The highest BCUT2D eigenvalue weighted by atomic mass is 19.4. The van der Waals surface area contributed by atoms with Crippen LogP contribution in [0.4, 0.5) is 17.6 Å². The number of fused-ring (bicyclic) bond motifs is 1. The number of carboxylic acids is 1. The van der Waals surface area contributed by atoms with E-state index in [0.717, 1.165) is 17.0 Å². The molecule has 3 aromatic rings. The van der Waals surface area contributed by atoms with Gasteiger partial charge < -0.3 is 15.4 Å². The Balaban J connectivity index is 0.000000339. The van der Waals surface area contributed by atoms with Gasteiger partial charge in [-0.05, 0) is 30.3 Å². The highest BCUT2D eigenvalue weighted by Gasteiger charge is 2.38. The van der Waals surface area contributed by atoms with E-state index in [2.05, 4.69) is 22.2 Å². The molecule has 1 atom stereocenters. The largest absolute Gasteiger partial charge is 0.490 e. The second kappa shape index (κ2) is 8.58. The lowest BCUT2D eigenvalue weighted by Gasteiger charge is -2.18. The van der Waals surface area contributed by atoms with E-state index in [9.17, 15) is 22.4 Å².